The Kier molecular flexibility index (Phi) is 5.95. The molecule has 2 atom stereocenters. The third-order valence-corrected chi connectivity index (χ3v) is 3.37. The molecule has 0 heterocycles. The van der Waals surface area contributed by atoms with Gasteiger partial charge in [0.2, 0.25) is 0 Å². The summed E-state index contributed by atoms with van der Waals surface area (Å²) in [5.74, 6) is 0.684. The molecule has 3 heteroatoms. The fraction of sp³-hybridized carbons (Fsp3) is 0.714. The summed E-state index contributed by atoms with van der Waals surface area (Å²) in [7, 11) is 0. The van der Waals surface area contributed by atoms with Gasteiger partial charge >= 0.3 is 5.97 Å². The number of carbonyl (C=O) groups is 2. The summed E-state index contributed by atoms with van der Waals surface area (Å²) < 4.78 is 4.97. The van der Waals surface area contributed by atoms with Crippen molar-refractivity contribution in [2.45, 2.75) is 45.4 Å². The molecule has 0 bridgehead atoms. The average molecular weight is 238 g/mol. The summed E-state index contributed by atoms with van der Waals surface area (Å²) in [6.45, 7) is 5.91. The van der Waals surface area contributed by atoms with Crippen LogP contribution >= 0.6 is 0 Å². The number of hydrogen-bond donors (Lipinski definition) is 0. The number of rotatable bonds is 7. The van der Waals surface area contributed by atoms with E-state index < -0.39 is 0 Å². The van der Waals surface area contributed by atoms with Crippen LogP contribution in [0, 0.1) is 11.8 Å². The third-order valence-electron chi connectivity index (χ3n) is 3.37. The van der Waals surface area contributed by atoms with Gasteiger partial charge in [-0.15, -0.1) is 0 Å². The third kappa shape index (κ3) is 4.72. The van der Waals surface area contributed by atoms with E-state index in [9.17, 15) is 9.59 Å². The van der Waals surface area contributed by atoms with Crippen molar-refractivity contribution in [3.8, 4) is 0 Å². The summed E-state index contributed by atoms with van der Waals surface area (Å²) >= 11 is 0. The van der Waals surface area contributed by atoms with Crippen molar-refractivity contribution >= 4 is 11.8 Å². The van der Waals surface area contributed by atoms with Crippen molar-refractivity contribution in [2.24, 2.45) is 11.8 Å². The summed E-state index contributed by atoms with van der Waals surface area (Å²) in [4.78, 5) is 23.0. The first-order chi connectivity index (χ1) is 8.17. The molecule has 17 heavy (non-hydrogen) atoms. The summed E-state index contributed by atoms with van der Waals surface area (Å²) in [5, 5.41) is 0. The average Bonchev–Trinajstić information content (AvgIpc) is 2.64. The Bertz CT molecular complexity index is 283. The first-order valence-corrected chi connectivity index (χ1v) is 6.45. The highest BCUT2D eigenvalue weighted by Crippen LogP contribution is 2.35. The second kappa shape index (κ2) is 7.25. The Morgan fingerprint density at radius 1 is 1.47 bits per heavy atom. The molecule has 0 amide bonds. The number of hydrogen-bond acceptors (Lipinski definition) is 3. The lowest BCUT2D eigenvalue weighted by Crippen LogP contribution is -2.15. The van der Waals surface area contributed by atoms with Gasteiger partial charge in [0.1, 0.15) is 12.4 Å². The molecule has 0 aromatic carbocycles. The number of esters is 1. The molecule has 0 radical (unpaired) electrons. The highest BCUT2D eigenvalue weighted by atomic mass is 16.5. The van der Waals surface area contributed by atoms with Crippen LogP contribution in [0.25, 0.3) is 0 Å². The Hall–Kier alpha value is -1.12. The fourth-order valence-electron chi connectivity index (χ4n) is 2.47. The maximum Gasteiger partial charge on any atom is 0.306 e. The zero-order valence-electron chi connectivity index (χ0n) is 10.6. The molecule has 2 unspecified atom stereocenters. The number of ether oxygens (including phenoxy) is 1. The fourth-order valence-corrected chi connectivity index (χ4v) is 2.47. The largest absolute Gasteiger partial charge is 0.461 e. The van der Waals surface area contributed by atoms with Crippen molar-refractivity contribution in [3.05, 3.63) is 12.7 Å². The van der Waals surface area contributed by atoms with Gasteiger partial charge in [0.05, 0.1) is 0 Å². The van der Waals surface area contributed by atoms with Crippen LogP contribution in [0.15, 0.2) is 12.7 Å². The molecule has 0 aromatic heterocycles. The van der Waals surface area contributed by atoms with Gasteiger partial charge < -0.3 is 4.74 Å². The van der Waals surface area contributed by atoms with Crippen LogP contribution in [-0.2, 0) is 14.3 Å². The van der Waals surface area contributed by atoms with Crippen LogP contribution in [0.4, 0.5) is 0 Å². The van der Waals surface area contributed by atoms with Crippen molar-refractivity contribution < 1.29 is 14.3 Å². The Morgan fingerprint density at radius 2 is 2.18 bits per heavy atom. The van der Waals surface area contributed by atoms with Gasteiger partial charge in [-0.05, 0) is 18.3 Å². The minimum Gasteiger partial charge on any atom is -0.461 e. The SMILES string of the molecule is C=CCOC(=O)CC1CC(=O)CC1CCCC. The van der Waals surface area contributed by atoms with Crippen molar-refractivity contribution in [1.82, 2.24) is 0 Å². The minimum absolute atomic E-state index is 0.200. The highest BCUT2D eigenvalue weighted by molar-refractivity contribution is 5.82. The molecule has 1 aliphatic carbocycles. The van der Waals surface area contributed by atoms with Gasteiger partial charge in [-0.1, -0.05) is 32.4 Å². The molecule has 1 fully saturated rings. The van der Waals surface area contributed by atoms with E-state index in [1.54, 1.807) is 6.08 Å². The molecule has 96 valence electrons. The predicted molar refractivity (Wildman–Crippen MR) is 66.5 cm³/mol. The van der Waals surface area contributed by atoms with Gasteiger partial charge in [0.25, 0.3) is 0 Å². The molecule has 1 aliphatic rings. The van der Waals surface area contributed by atoms with Gasteiger partial charge in [-0.25, -0.2) is 0 Å². The summed E-state index contributed by atoms with van der Waals surface area (Å²) in [6.07, 6.45) is 6.48. The van der Waals surface area contributed by atoms with E-state index in [1.807, 2.05) is 0 Å². The molecular weight excluding hydrogens is 216 g/mol. The lowest BCUT2D eigenvalue weighted by molar-refractivity contribution is -0.143. The second-order valence-corrected chi connectivity index (χ2v) is 4.79. The predicted octanol–water partition coefficient (Wildman–Crippen LogP) is 2.89. The second-order valence-electron chi connectivity index (χ2n) is 4.79. The zero-order valence-corrected chi connectivity index (χ0v) is 10.6. The number of unbranched alkanes of at least 4 members (excludes halogenated alkanes) is 1. The van der Waals surface area contributed by atoms with Crippen LogP contribution in [0.2, 0.25) is 0 Å². The van der Waals surface area contributed by atoms with E-state index >= 15 is 0 Å². The van der Waals surface area contributed by atoms with Gasteiger partial charge in [0.15, 0.2) is 0 Å². The van der Waals surface area contributed by atoms with Crippen LogP contribution in [0.1, 0.15) is 45.4 Å². The Labute approximate surface area is 103 Å². The first-order valence-electron chi connectivity index (χ1n) is 6.45. The molecule has 0 aliphatic heterocycles. The van der Waals surface area contributed by atoms with Crippen molar-refractivity contribution in [1.29, 1.82) is 0 Å². The van der Waals surface area contributed by atoms with Crippen LogP contribution in [-0.4, -0.2) is 18.4 Å². The van der Waals surface area contributed by atoms with Crippen LogP contribution in [0.3, 0.4) is 0 Å². The smallest absolute Gasteiger partial charge is 0.306 e. The molecule has 1 saturated carbocycles. The molecule has 0 saturated heterocycles. The summed E-state index contributed by atoms with van der Waals surface area (Å²) in [6, 6.07) is 0. The molecule has 0 N–H and O–H groups in total. The lowest BCUT2D eigenvalue weighted by atomic mass is 9.89. The van der Waals surface area contributed by atoms with Gasteiger partial charge in [0, 0.05) is 19.3 Å². The minimum atomic E-state index is -0.203. The van der Waals surface area contributed by atoms with Gasteiger partial charge in [-0.3, -0.25) is 9.59 Å². The van der Waals surface area contributed by atoms with E-state index in [4.69, 9.17) is 4.74 Å². The standard InChI is InChI=1S/C14H22O3/c1-3-5-6-11-8-13(15)9-12(11)10-14(16)17-7-4-2/h4,11-12H,2-3,5-10H2,1H3. The van der Waals surface area contributed by atoms with Crippen molar-refractivity contribution in [2.75, 3.05) is 6.61 Å². The van der Waals surface area contributed by atoms with E-state index in [-0.39, 0.29) is 18.5 Å². The quantitative estimate of drug-likeness (QED) is 0.506. The molecule has 1 rings (SSSR count). The first kappa shape index (κ1) is 13.9. The highest BCUT2D eigenvalue weighted by Gasteiger charge is 2.33. The monoisotopic (exact) mass is 238 g/mol. The van der Waals surface area contributed by atoms with Crippen molar-refractivity contribution in [3.63, 3.8) is 0 Å². The van der Waals surface area contributed by atoms with E-state index in [1.165, 1.54) is 0 Å². The number of carbonyl (C=O) groups excluding carboxylic acids is 2. The molecular formula is C14H22O3. The van der Waals surface area contributed by atoms with E-state index in [2.05, 4.69) is 13.5 Å². The van der Waals surface area contributed by atoms with E-state index in [0.717, 1.165) is 19.3 Å². The maximum absolute atomic E-state index is 11.5. The Balaban J connectivity index is 2.40. The number of ketones is 1. The maximum atomic E-state index is 11.5. The molecule has 0 aromatic rings. The normalized spacial score (nSPS) is 23.7. The lowest BCUT2D eigenvalue weighted by Gasteiger charge is -2.17. The van der Waals surface area contributed by atoms with E-state index in [0.29, 0.717) is 31.0 Å². The number of Topliss-reactive ketones (excluding diaryl/α,β-unsaturated/α-hetero) is 1. The van der Waals surface area contributed by atoms with Crippen LogP contribution < -0.4 is 0 Å². The molecule has 3 nitrogen and oxygen atoms in total. The Morgan fingerprint density at radius 3 is 2.82 bits per heavy atom. The van der Waals surface area contributed by atoms with Crippen LogP contribution in [0.5, 0.6) is 0 Å². The summed E-state index contributed by atoms with van der Waals surface area (Å²) in [5.41, 5.74) is 0. The zero-order chi connectivity index (χ0) is 12.7. The molecule has 0 spiro atoms. The topological polar surface area (TPSA) is 43.4 Å². The van der Waals surface area contributed by atoms with Gasteiger partial charge in [-0.2, -0.15) is 0 Å².